The first kappa shape index (κ1) is 12.5. The molecule has 0 spiro atoms. The molecule has 0 aliphatic heterocycles. The number of fused-ring (bicyclic) bond motifs is 1. The summed E-state index contributed by atoms with van der Waals surface area (Å²) in [4.78, 5) is 0. The van der Waals surface area contributed by atoms with Gasteiger partial charge in [0.15, 0.2) is 0 Å². The van der Waals surface area contributed by atoms with E-state index in [0.717, 1.165) is 11.3 Å². The van der Waals surface area contributed by atoms with Crippen LogP contribution in [0.3, 0.4) is 0 Å². The Bertz CT molecular complexity index is 670. The number of para-hydroxylation sites is 1. The van der Waals surface area contributed by atoms with Crippen molar-refractivity contribution < 1.29 is 4.42 Å². The molecule has 0 aliphatic rings. The van der Waals surface area contributed by atoms with Gasteiger partial charge in [-0.3, -0.25) is 0 Å². The van der Waals surface area contributed by atoms with Gasteiger partial charge >= 0.3 is 119 Å². The number of furan rings is 1. The van der Waals surface area contributed by atoms with E-state index in [9.17, 15) is 0 Å². The zero-order chi connectivity index (χ0) is 13.1. The molecule has 3 rings (SSSR count). The predicted molar refractivity (Wildman–Crippen MR) is 82.1 cm³/mol. The molecule has 0 saturated carbocycles. The normalized spacial score (nSPS) is 11.0. The van der Waals surface area contributed by atoms with E-state index in [1.54, 1.807) is 0 Å². The molecule has 2 heteroatoms. The van der Waals surface area contributed by atoms with E-state index < -0.39 is 0 Å². The Labute approximate surface area is 119 Å². The van der Waals surface area contributed by atoms with Gasteiger partial charge in [0, 0.05) is 0 Å². The molecule has 0 radical (unpaired) electrons. The van der Waals surface area contributed by atoms with Crippen LogP contribution in [0.1, 0.15) is 13.3 Å². The number of rotatable bonds is 4. The van der Waals surface area contributed by atoms with Gasteiger partial charge in [-0.05, 0) is 0 Å². The number of benzene rings is 2. The van der Waals surface area contributed by atoms with E-state index in [2.05, 4.69) is 49.4 Å². The SMILES string of the molecule is CCC[Se]c1c(-c2ccccc2)oc2ccccc12. The maximum atomic E-state index is 6.10. The van der Waals surface area contributed by atoms with Gasteiger partial charge in [0.05, 0.1) is 0 Å². The van der Waals surface area contributed by atoms with Crippen LogP contribution in [0.4, 0.5) is 0 Å². The summed E-state index contributed by atoms with van der Waals surface area (Å²) in [7, 11) is 0. The Hall–Kier alpha value is -1.50. The molecule has 96 valence electrons. The van der Waals surface area contributed by atoms with Crippen LogP contribution in [0, 0.1) is 0 Å². The quantitative estimate of drug-likeness (QED) is 0.656. The third-order valence-corrected chi connectivity index (χ3v) is 5.78. The van der Waals surface area contributed by atoms with Crippen molar-refractivity contribution in [2.75, 3.05) is 0 Å². The average molecular weight is 315 g/mol. The monoisotopic (exact) mass is 316 g/mol. The van der Waals surface area contributed by atoms with Crippen LogP contribution in [-0.2, 0) is 0 Å². The molecular formula is C17H16OSe. The first-order valence-electron chi connectivity index (χ1n) is 6.60. The topological polar surface area (TPSA) is 13.1 Å². The van der Waals surface area contributed by atoms with Crippen LogP contribution in [0.2, 0.25) is 5.32 Å². The van der Waals surface area contributed by atoms with Crippen LogP contribution in [0.25, 0.3) is 22.3 Å². The Kier molecular flexibility index (Phi) is 3.72. The summed E-state index contributed by atoms with van der Waals surface area (Å²) < 4.78 is 7.51. The zero-order valence-electron chi connectivity index (χ0n) is 10.9. The van der Waals surface area contributed by atoms with Gasteiger partial charge in [-0.2, -0.15) is 0 Å². The van der Waals surface area contributed by atoms with E-state index in [1.807, 2.05) is 12.1 Å². The molecule has 19 heavy (non-hydrogen) atoms. The van der Waals surface area contributed by atoms with Crippen molar-refractivity contribution in [2.45, 2.75) is 18.7 Å². The van der Waals surface area contributed by atoms with Gasteiger partial charge in [0.25, 0.3) is 0 Å². The van der Waals surface area contributed by atoms with Crippen molar-refractivity contribution in [3.63, 3.8) is 0 Å². The van der Waals surface area contributed by atoms with Crippen LogP contribution in [0.5, 0.6) is 0 Å². The van der Waals surface area contributed by atoms with Crippen molar-refractivity contribution in [2.24, 2.45) is 0 Å². The van der Waals surface area contributed by atoms with Gasteiger partial charge in [-0.25, -0.2) is 0 Å². The molecule has 0 saturated heterocycles. The van der Waals surface area contributed by atoms with E-state index >= 15 is 0 Å². The van der Waals surface area contributed by atoms with Crippen LogP contribution in [0.15, 0.2) is 59.0 Å². The molecule has 0 atom stereocenters. The minimum absolute atomic E-state index is 0.479. The van der Waals surface area contributed by atoms with E-state index in [1.165, 1.54) is 27.2 Å². The van der Waals surface area contributed by atoms with Crippen molar-refractivity contribution >= 4 is 30.4 Å². The van der Waals surface area contributed by atoms with E-state index in [0.29, 0.717) is 15.0 Å². The fourth-order valence-electron chi connectivity index (χ4n) is 2.15. The predicted octanol–water partition coefficient (Wildman–Crippen LogP) is 4.26. The standard InChI is InChI=1S/C17H16OSe/c1-2-12-19-17-14-10-6-7-11-15(14)18-16(17)13-8-4-3-5-9-13/h3-11H,2,12H2,1H3. The first-order valence-corrected chi connectivity index (χ1v) is 8.66. The summed E-state index contributed by atoms with van der Waals surface area (Å²) in [5.74, 6) is 1.07. The van der Waals surface area contributed by atoms with Crippen molar-refractivity contribution in [1.82, 2.24) is 0 Å². The molecule has 1 aromatic heterocycles. The Morgan fingerprint density at radius 1 is 0.947 bits per heavy atom. The Morgan fingerprint density at radius 2 is 1.68 bits per heavy atom. The number of hydrogen-bond donors (Lipinski definition) is 0. The number of hydrogen-bond acceptors (Lipinski definition) is 1. The molecule has 0 amide bonds. The van der Waals surface area contributed by atoms with E-state index in [4.69, 9.17) is 4.42 Å². The van der Waals surface area contributed by atoms with Crippen LogP contribution in [-0.4, -0.2) is 15.0 Å². The Morgan fingerprint density at radius 3 is 2.47 bits per heavy atom. The fourth-order valence-corrected chi connectivity index (χ4v) is 4.30. The summed E-state index contributed by atoms with van der Waals surface area (Å²) >= 11 is 0.479. The summed E-state index contributed by atoms with van der Waals surface area (Å²) in [6, 6.07) is 18.8. The second kappa shape index (κ2) is 5.64. The van der Waals surface area contributed by atoms with Gasteiger partial charge in [-0.15, -0.1) is 0 Å². The zero-order valence-corrected chi connectivity index (χ0v) is 12.6. The molecule has 0 unspecified atom stereocenters. The van der Waals surface area contributed by atoms with E-state index in [-0.39, 0.29) is 0 Å². The molecule has 0 aliphatic carbocycles. The molecule has 3 aromatic rings. The Balaban J connectivity index is 2.17. The van der Waals surface area contributed by atoms with Gasteiger partial charge in [0.1, 0.15) is 0 Å². The summed E-state index contributed by atoms with van der Waals surface area (Å²) in [5, 5.41) is 2.55. The van der Waals surface area contributed by atoms with Crippen LogP contribution < -0.4 is 4.46 Å². The van der Waals surface area contributed by atoms with Crippen LogP contribution >= 0.6 is 0 Å². The summed E-state index contributed by atoms with van der Waals surface area (Å²) in [5.41, 5.74) is 2.20. The van der Waals surface area contributed by atoms with Crippen molar-refractivity contribution in [3.05, 3.63) is 54.6 Å². The molecule has 1 heterocycles. The minimum atomic E-state index is 0.479. The summed E-state index contributed by atoms with van der Waals surface area (Å²) in [6.45, 7) is 2.24. The molecular weight excluding hydrogens is 299 g/mol. The van der Waals surface area contributed by atoms with Gasteiger partial charge in [-0.1, -0.05) is 0 Å². The third-order valence-electron chi connectivity index (χ3n) is 3.04. The fraction of sp³-hybridized carbons (Fsp3) is 0.176. The third kappa shape index (κ3) is 2.47. The molecule has 2 aromatic carbocycles. The first-order chi connectivity index (χ1) is 9.40. The molecule has 0 fully saturated rings. The van der Waals surface area contributed by atoms with Gasteiger partial charge < -0.3 is 0 Å². The second-order valence-electron chi connectivity index (χ2n) is 4.47. The molecule has 1 nitrogen and oxygen atoms in total. The van der Waals surface area contributed by atoms with Gasteiger partial charge in [0.2, 0.25) is 0 Å². The molecule has 0 bridgehead atoms. The van der Waals surface area contributed by atoms with Crippen molar-refractivity contribution in [1.29, 1.82) is 0 Å². The summed E-state index contributed by atoms with van der Waals surface area (Å²) in [6.07, 6.45) is 1.23. The average Bonchev–Trinajstić information content (AvgIpc) is 2.85. The maximum absolute atomic E-state index is 6.10. The molecule has 0 N–H and O–H groups in total. The second-order valence-corrected chi connectivity index (χ2v) is 6.79. The van der Waals surface area contributed by atoms with Crippen molar-refractivity contribution in [3.8, 4) is 11.3 Å².